The zero-order valence-electron chi connectivity index (χ0n) is 12.5. The lowest BCUT2D eigenvalue weighted by Crippen LogP contribution is -2.37. The molecule has 7 heteroatoms. The summed E-state index contributed by atoms with van der Waals surface area (Å²) in [6.45, 7) is -0.171. The van der Waals surface area contributed by atoms with Gasteiger partial charge in [0.2, 0.25) is 5.91 Å². The summed E-state index contributed by atoms with van der Waals surface area (Å²) in [7, 11) is 0. The SMILES string of the molecule is O=C(CN1C(=O)Cc2cc(F)ccc21)N/N=C/c1ccc(Cl)cc1. The van der Waals surface area contributed by atoms with Crippen molar-refractivity contribution in [2.75, 3.05) is 11.4 Å². The van der Waals surface area contributed by atoms with E-state index >= 15 is 0 Å². The third-order valence-electron chi connectivity index (χ3n) is 3.55. The van der Waals surface area contributed by atoms with Gasteiger partial charge in [0.25, 0.3) is 5.91 Å². The van der Waals surface area contributed by atoms with Gasteiger partial charge in [0.05, 0.1) is 12.6 Å². The Hall–Kier alpha value is -2.73. The van der Waals surface area contributed by atoms with Gasteiger partial charge in [0.1, 0.15) is 12.4 Å². The number of hydrogen-bond donors (Lipinski definition) is 1. The van der Waals surface area contributed by atoms with Gasteiger partial charge in [0.15, 0.2) is 0 Å². The zero-order chi connectivity index (χ0) is 17.1. The van der Waals surface area contributed by atoms with E-state index in [1.165, 1.54) is 29.3 Å². The average molecular weight is 346 g/mol. The fraction of sp³-hybridized carbons (Fsp3) is 0.118. The van der Waals surface area contributed by atoms with Crippen molar-refractivity contribution in [1.82, 2.24) is 5.43 Å². The molecule has 1 aliphatic rings. The number of hydrazone groups is 1. The second-order valence-electron chi connectivity index (χ2n) is 5.27. The van der Waals surface area contributed by atoms with Gasteiger partial charge in [-0.1, -0.05) is 23.7 Å². The summed E-state index contributed by atoms with van der Waals surface area (Å²) in [6.07, 6.45) is 1.57. The van der Waals surface area contributed by atoms with Crippen molar-refractivity contribution in [3.63, 3.8) is 0 Å². The van der Waals surface area contributed by atoms with Crippen molar-refractivity contribution in [3.05, 3.63) is 64.4 Å². The molecule has 0 radical (unpaired) electrons. The van der Waals surface area contributed by atoms with Crippen molar-refractivity contribution in [2.45, 2.75) is 6.42 Å². The van der Waals surface area contributed by atoms with E-state index < -0.39 is 11.7 Å². The van der Waals surface area contributed by atoms with Crippen LogP contribution < -0.4 is 10.3 Å². The summed E-state index contributed by atoms with van der Waals surface area (Å²) >= 11 is 5.78. The number of nitrogens with zero attached hydrogens (tertiary/aromatic N) is 2. The molecule has 2 aromatic carbocycles. The number of anilines is 1. The zero-order valence-corrected chi connectivity index (χ0v) is 13.3. The first kappa shape index (κ1) is 16.1. The summed E-state index contributed by atoms with van der Waals surface area (Å²) < 4.78 is 13.2. The van der Waals surface area contributed by atoms with Crippen LogP contribution in [-0.4, -0.2) is 24.6 Å². The molecular formula is C17H13ClFN3O2. The van der Waals surface area contributed by atoms with Gasteiger partial charge >= 0.3 is 0 Å². The molecule has 3 rings (SSSR count). The van der Waals surface area contributed by atoms with E-state index in [-0.39, 0.29) is 18.9 Å². The molecule has 0 saturated heterocycles. The maximum absolute atomic E-state index is 13.2. The molecular weight excluding hydrogens is 333 g/mol. The molecule has 1 aliphatic heterocycles. The highest BCUT2D eigenvalue weighted by molar-refractivity contribution is 6.30. The van der Waals surface area contributed by atoms with E-state index in [1.807, 2.05) is 0 Å². The lowest BCUT2D eigenvalue weighted by Gasteiger charge is -2.15. The minimum Gasteiger partial charge on any atom is -0.302 e. The Morgan fingerprint density at radius 3 is 2.79 bits per heavy atom. The van der Waals surface area contributed by atoms with Gasteiger partial charge in [-0.05, 0) is 41.5 Å². The summed E-state index contributed by atoms with van der Waals surface area (Å²) in [6, 6.07) is 11.0. The Labute approximate surface area is 142 Å². The molecule has 0 bridgehead atoms. The van der Waals surface area contributed by atoms with E-state index in [1.54, 1.807) is 24.3 Å². The fourth-order valence-electron chi connectivity index (χ4n) is 2.43. The van der Waals surface area contributed by atoms with Crippen molar-refractivity contribution >= 4 is 35.3 Å². The Kier molecular flexibility index (Phi) is 4.57. The van der Waals surface area contributed by atoms with Crippen LogP contribution in [0.3, 0.4) is 0 Å². The Morgan fingerprint density at radius 1 is 1.29 bits per heavy atom. The van der Waals surface area contributed by atoms with Gasteiger partial charge < -0.3 is 4.90 Å². The van der Waals surface area contributed by atoms with Crippen LogP contribution in [0.25, 0.3) is 0 Å². The lowest BCUT2D eigenvalue weighted by atomic mass is 10.1. The molecule has 2 aromatic rings. The highest BCUT2D eigenvalue weighted by atomic mass is 35.5. The maximum atomic E-state index is 13.2. The first-order valence-electron chi connectivity index (χ1n) is 7.19. The second-order valence-corrected chi connectivity index (χ2v) is 5.71. The van der Waals surface area contributed by atoms with Crippen LogP contribution in [0, 0.1) is 5.82 Å². The van der Waals surface area contributed by atoms with Crippen LogP contribution in [0.4, 0.5) is 10.1 Å². The first-order chi connectivity index (χ1) is 11.5. The van der Waals surface area contributed by atoms with Gasteiger partial charge in [-0.25, -0.2) is 9.82 Å². The van der Waals surface area contributed by atoms with Crippen molar-refractivity contribution in [2.24, 2.45) is 5.10 Å². The van der Waals surface area contributed by atoms with Gasteiger partial charge in [-0.3, -0.25) is 9.59 Å². The normalized spacial score (nSPS) is 13.4. The van der Waals surface area contributed by atoms with Crippen LogP contribution in [0.15, 0.2) is 47.6 Å². The minimum absolute atomic E-state index is 0.0917. The molecule has 5 nitrogen and oxygen atoms in total. The van der Waals surface area contributed by atoms with Crippen molar-refractivity contribution in [1.29, 1.82) is 0 Å². The van der Waals surface area contributed by atoms with Crippen LogP contribution in [0.5, 0.6) is 0 Å². The van der Waals surface area contributed by atoms with E-state index in [2.05, 4.69) is 10.5 Å². The predicted molar refractivity (Wildman–Crippen MR) is 89.6 cm³/mol. The highest BCUT2D eigenvalue weighted by Gasteiger charge is 2.28. The molecule has 0 saturated carbocycles. The third kappa shape index (κ3) is 3.60. The number of rotatable bonds is 4. The molecule has 0 atom stereocenters. The van der Waals surface area contributed by atoms with Crippen LogP contribution in [-0.2, 0) is 16.0 Å². The Balaban J connectivity index is 1.61. The molecule has 122 valence electrons. The van der Waals surface area contributed by atoms with Gasteiger partial charge in [-0.15, -0.1) is 0 Å². The number of halogens is 2. The summed E-state index contributed by atoms with van der Waals surface area (Å²) in [4.78, 5) is 25.3. The number of nitrogens with one attached hydrogen (secondary N) is 1. The standard InChI is InChI=1S/C17H13ClFN3O2/c18-13-3-1-11(2-4-13)9-20-21-16(23)10-22-15-6-5-14(19)7-12(15)8-17(22)24/h1-7,9H,8,10H2,(H,21,23)/b20-9+. The van der Waals surface area contributed by atoms with Crippen molar-refractivity contribution in [3.8, 4) is 0 Å². The number of hydrogen-bond acceptors (Lipinski definition) is 3. The smallest absolute Gasteiger partial charge is 0.260 e. The van der Waals surface area contributed by atoms with E-state index in [4.69, 9.17) is 11.6 Å². The lowest BCUT2D eigenvalue weighted by molar-refractivity contribution is -0.123. The van der Waals surface area contributed by atoms with E-state index in [0.29, 0.717) is 16.3 Å². The average Bonchev–Trinajstić information content (AvgIpc) is 2.84. The summed E-state index contributed by atoms with van der Waals surface area (Å²) in [5.41, 5.74) is 4.28. The molecule has 2 amide bonds. The number of carbonyl (C=O) groups is 2. The first-order valence-corrected chi connectivity index (χ1v) is 7.57. The van der Waals surface area contributed by atoms with Gasteiger partial charge in [0, 0.05) is 10.7 Å². The van der Waals surface area contributed by atoms with Crippen LogP contribution >= 0.6 is 11.6 Å². The quantitative estimate of drug-likeness (QED) is 0.683. The third-order valence-corrected chi connectivity index (χ3v) is 3.80. The molecule has 0 fully saturated rings. The number of carbonyl (C=O) groups excluding carboxylic acids is 2. The van der Waals surface area contributed by atoms with Crippen molar-refractivity contribution < 1.29 is 14.0 Å². The Morgan fingerprint density at radius 2 is 2.04 bits per heavy atom. The number of fused-ring (bicyclic) bond motifs is 1. The second kappa shape index (κ2) is 6.80. The van der Waals surface area contributed by atoms with Crippen LogP contribution in [0.1, 0.15) is 11.1 Å². The van der Waals surface area contributed by atoms with Crippen LogP contribution in [0.2, 0.25) is 5.02 Å². The summed E-state index contributed by atoms with van der Waals surface area (Å²) in [5.74, 6) is -1.08. The molecule has 0 unspecified atom stereocenters. The molecule has 1 N–H and O–H groups in total. The number of benzene rings is 2. The monoisotopic (exact) mass is 345 g/mol. The minimum atomic E-state index is -0.439. The molecule has 0 aliphatic carbocycles. The number of amides is 2. The van der Waals surface area contributed by atoms with Gasteiger partial charge in [-0.2, -0.15) is 5.10 Å². The van der Waals surface area contributed by atoms with E-state index in [9.17, 15) is 14.0 Å². The van der Waals surface area contributed by atoms with E-state index in [0.717, 1.165) is 5.56 Å². The fourth-order valence-corrected chi connectivity index (χ4v) is 2.56. The Bertz CT molecular complexity index is 821. The molecule has 1 heterocycles. The summed E-state index contributed by atoms with van der Waals surface area (Å²) in [5, 5.41) is 4.45. The topological polar surface area (TPSA) is 61.8 Å². The maximum Gasteiger partial charge on any atom is 0.260 e. The highest BCUT2D eigenvalue weighted by Crippen LogP contribution is 2.28. The molecule has 0 aromatic heterocycles. The predicted octanol–water partition coefficient (Wildman–Crippen LogP) is 2.52. The molecule has 0 spiro atoms. The molecule has 24 heavy (non-hydrogen) atoms. The largest absolute Gasteiger partial charge is 0.302 e.